The first-order valence-corrected chi connectivity index (χ1v) is 7.16. The van der Waals surface area contributed by atoms with Crippen LogP contribution in [0.15, 0.2) is 67.3 Å². The Hall–Kier alpha value is -2.75. The van der Waals surface area contributed by atoms with Crippen molar-refractivity contribution < 1.29 is 9.53 Å². The number of carbonyl (C=O) groups excluding carboxylic acids is 1. The van der Waals surface area contributed by atoms with Gasteiger partial charge in [0.2, 0.25) is 5.91 Å². The van der Waals surface area contributed by atoms with Gasteiger partial charge < -0.3 is 15.4 Å². The highest BCUT2D eigenvalue weighted by atomic mass is 16.5. The van der Waals surface area contributed by atoms with Gasteiger partial charge in [-0.05, 0) is 29.8 Å². The van der Waals surface area contributed by atoms with E-state index in [9.17, 15) is 4.79 Å². The number of carbonyl (C=O) groups is 1. The van der Waals surface area contributed by atoms with Crippen LogP contribution in [0.25, 0.3) is 0 Å². The fourth-order valence-electron chi connectivity index (χ4n) is 1.87. The third-order valence-electron chi connectivity index (χ3n) is 3.01. The van der Waals surface area contributed by atoms with E-state index >= 15 is 0 Å². The van der Waals surface area contributed by atoms with E-state index in [4.69, 9.17) is 4.74 Å². The molecule has 0 aromatic heterocycles. The van der Waals surface area contributed by atoms with Crippen molar-refractivity contribution >= 4 is 11.6 Å². The van der Waals surface area contributed by atoms with Gasteiger partial charge in [-0.15, -0.1) is 0 Å². The van der Waals surface area contributed by atoms with Crippen LogP contribution in [-0.2, 0) is 11.3 Å². The van der Waals surface area contributed by atoms with Crippen LogP contribution < -0.4 is 15.4 Å². The van der Waals surface area contributed by atoms with Gasteiger partial charge in [-0.1, -0.05) is 43.0 Å². The minimum atomic E-state index is -0.0455. The summed E-state index contributed by atoms with van der Waals surface area (Å²) >= 11 is 0. The molecule has 0 atom stereocenters. The van der Waals surface area contributed by atoms with Gasteiger partial charge in [-0.25, -0.2) is 0 Å². The molecule has 2 rings (SSSR count). The number of hydrogen-bond acceptors (Lipinski definition) is 3. The van der Waals surface area contributed by atoms with Crippen LogP contribution in [0.3, 0.4) is 0 Å². The molecule has 0 saturated heterocycles. The highest BCUT2D eigenvalue weighted by molar-refractivity contribution is 5.80. The molecule has 0 fully saturated rings. The predicted octanol–water partition coefficient (Wildman–Crippen LogP) is 2.98. The van der Waals surface area contributed by atoms with Crippen molar-refractivity contribution in [3.8, 4) is 5.75 Å². The van der Waals surface area contributed by atoms with Gasteiger partial charge in [-0.2, -0.15) is 0 Å². The van der Waals surface area contributed by atoms with Gasteiger partial charge in [0.1, 0.15) is 12.4 Å². The third-order valence-corrected chi connectivity index (χ3v) is 3.01. The van der Waals surface area contributed by atoms with Gasteiger partial charge in [0.25, 0.3) is 0 Å². The maximum Gasteiger partial charge on any atom is 0.239 e. The molecule has 0 aliphatic heterocycles. The zero-order valence-electron chi connectivity index (χ0n) is 12.4. The van der Waals surface area contributed by atoms with Crippen molar-refractivity contribution in [1.29, 1.82) is 0 Å². The van der Waals surface area contributed by atoms with Crippen molar-refractivity contribution in [2.45, 2.75) is 6.54 Å². The summed E-state index contributed by atoms with van der Waals surface area (Å²) in [5.41, 5.74) is 1.96. The maximum atomic E-state index is 11.8. The summed E-state index contributed by atoms with van der Waals surface area (Å²) < 4.78 is 5.40. The normalized spacial score (nSPS) is 9.82. The summed E-state index contributed by atoms with van der Waals surface area (Å²) in [4.78, 5) is 11.8. The van der Waals surface area contributed by atoms with Crippen LogP contribution in [0.1, 0.15) is 5.56 Å². The molecule has 0 aliphatic rings. The van der Waals surface area contributed by atoms with E-state index in [2.05, 4.69) is 17.2 Å². The quantitative estimate of drug-likeness (QED) is 0.736. The number of benzene rings is 2. The van der Waals surface area contributed by atoms with E-state index in [1.165, 1.54) is 0 Å². The van der Waals surface area contributed by atoms with E-state index in [0.717, 1.165) is 17.0 Å². The minimum absolute atomic E-state index is 0.0455. The maximum absolute atomic E-state index is 11.8. The molecule has 0 spiro atoms. The standard InChI is InChI=1S/C18H20N2O2/c1-2-12-22-17-10-8-16(9-11-17)19-14-18(21)20-13-15-6-4-3-5-7-15/h2-11,19H,1,12-14H2,(H,20,21). The number of anilines is 1. The van der Waals surface area contributed by atoms with Crippen molar-refractivity contribution in [2.24, 2.45) is 0 Å². The number of nitrogens with one attached hydrogen (secondary N) is 2. The molecular weight excluding hydrogens is 276 g/mol. The van der Waals surface area contributed by atoms with Gasteiger partial charge in [0.15, 0.2) is 0 Å². The average Bonchev–Trinajstić information content (AvgIpc) is 2.58. The van der Waals surface area contributed by atoms with Crippen LogP contribution in [0, 0.1) is 0 Å². The second-order valence-electron chi connectivity index (χ2n) is 4.74. The first-order chi connectivity index (χ1) is 10.8. The van der Waals surface area contributed by atoms with E-state index < -0.39 is 0 Å². The van der Waals surface area contributed by atoms with Crippen LogP contribution >= 0.6 is 0 Å². The molecule has 2 aromatic rings. The van der Waals surface area contributed by atoms with Crippen molar-refractivity contribution in [2.75, 3.05) is 18.5 Å². The minimum Gasteiger partial charge on any atom is -0.490 e. The summed E-state index contributed by atoms with van der Waals surface area (Å²) in [5, 5.41) is 5.95. The molecule has 0 unspecified atom stereocenters. The summed E-state index contributed by atoms with van der Waals surface area (Å²) in [7, 11) is 0. The van der Waals surface area contributed by atoms with Gasteiger partial charge in [0.05, 0.1) is 6.54 Å². The fraction of sp³-hybridized carbons (Fsp3) is 0.167. The van der Waals surface area contributed by atoms with E-state index in [1.54, 1.807) is 6.08 Å². The largest absolute Gasteiger partial charge is 0.490 e. The lowest BCUT2D eigenvalue weighted by atomic mass is 10.2. The highest BCUT2D eigenvalue weighted by Gasteiger charge is 2.01. The van der Waals surface area contributed by atoms with Crippen molar-refractivity contribution in [3.05, 3.63) is 72.8 Å². The lowest BCUT2D eigenvalue weighted by molar-refractivity contribution is -0.119. The van der Waals surface area contributed by atoms with Gasteiger partial charge in [-0.3, -0.25) is 4.79 Å². The van der Waals surface area contributed by atoms with E-state index in [-0.39, 0.29) is 12.5 Å². The molecule has 2 N–H and O–H groups in total. The molecule has 114 valence electrons. The third kappa shape index (κ3) is 5.32. The molecule has 0 radical (unpaired) electrons. The molecule has 0 saturated carbocycles. The van der Waals surface area contributed by atoms with Gasteiger partial charge >= 0.3 is 0 Å². The second kappa shape index (κ2) is 8.52. The summed E-state index contributed by atoms with van der Waals surface area (Å²) in [6.07, 6.45) is 1.70. The summed E-state index contributed by atoms with van der Waals surface area (Å²) in [6, 6.07) is 17.3. The van der Waals surface area contributed by atoms with Crippen LogP contribution in [0.2, 0.25) is 0 Å². The molecule has 0 bridgehead atoms. The first kappa shape index (κ1) is 15.6. The Kier molecular flexibility index (Phi) is 6.05. The van der Waals surface area contributed by atoms with Crippen LogP contribution in [-0.4, -0.2) is 19.1 Å². The molecule has 4 nitrogen and oxygen atoms in total. The first-order valence-electron chi connectivity index (χ1n) is 7.16. The molecule has 1 amide bonds. The van der Waals surface area contributed by atoms with Crippen LogP contribution in [0.4, 0.5) is 5.69 Å². The van der Waals surface area contributed by atoms with Crippen molar-refractivity contribution in [1.82, 2.24) is 5.32 Å². The zero-order valence-corrected chi connectivity index (χ0v) is 12.4. The molecule has 4 heteroatoms. The van der Waals surface area contributed by atoms with E-state index in [1.807, 2.05) is 54.6 Å². The number of ether oxygens (including phenoxy) is 1. The zero-order chi connectivity index (χ0) is 15.6. The monoisotopic (exact) mass is 296 g/mol. The summed E-state index contributed by atoms with van der Waals surface area (Å²) in [5.74, 6) is 0.731. The predicted molar refractivity (Wildman–Crippen MR) is 88.9 cm³/mol. The Balaban J connectivity index is 1.72. The second-order valence-corrected chi connectivity index (χ2v) is 4.74. The van der Waals surface area contributed by atoms with Gasteiger partial charge in [0, 0.05) is 12.2 Å². The Labute approximate surface area is 130 Å². The smallest absolute Gasteiger partial charge is 0.239 e. The SMILES string of the molecule is C=CCOc1ccc(NCC(=O)NCc2ccccc2)cc1. The molecule has 2 aromatic carbocycles. The average molecular weight is 296 g/mol. The van der Waals surface area contributed by atoms with Crippen LogP contribution in [0.5, 0.6) is 5.75 Å². The number of rotatable bonds is 8. The lowest BCUT2D eigenvalue weighted by Crippen LogP contribution is -2.29. The Bertz CT molecular complexity index is 594. The molecule has 0 heterocycles. The van der Waals surface area contributed by atoms with E-state index in [0.29, 0.717) is 13.2 Å². The van der Waals surface area contributed by atoms with Crippen molar-refractivity contribution in [3.63, 3.8) is 0 Å². The topological polar surface area (TPSA) is 50.4 Å². The molecular formula is C18H20N2O2. The Morgan fingerprint density at radius 3 is 2.50 bits per heavy atom. The highest BCUT2D eigenvalue weighted by Crippen LogP contribution is 2.15. The number of hydrogen-bond donors (Lipinski definition) is 2. The molecule has 22 heavy (non-hydrogen) atoms. The Morgan fingerprint density at radius 2 is 1.82 bits per heavy atom. The number of amides is 1. The fourth-order valence-corrected chi connectivity index (χ4v) is 1.87. The summed E-state index contributed by atoms with van der Waals surface area (Å²) in [6.45, 7) is 4.85. The lowest BCUT2D eigenvalue weighted by Gasteiger charge is -2.09. The molecule has 0 aliphatic carbocycles. The Morgan fingerprint density at radius 1 is 1.09 bits per heavy atom.